The molecule has 20 heavy (non-hydrogen) atoms. The number of ether oxygens (including phenoxy) is 1. The lowest BCUT2D eigenvalue weighted by Crippen LogP contribution is -2.70. The van der Waals surface area contributed by atoms with Gasteiger partial charge in [0.1, 0.15) is 5.22 Å². The third-order valence-corrected chi connectivity index (χ3v) is 9.43. The van der Waals surface area contributed by atoms with Crippen molar-refractivity contribution in [3.05, 3.63) is 0 Å². The van der Waals surface area contributed by atoms with Gasteiger partial charge in [0.05, 0.1) is 0 Å². The lowest BCUT2D eigenvalue weighted by Gasteiger charge is -2.54. The van der Waals surface area contributed by atoms with Crippen molar-refractivity contribution in [3.8, 4) is 0 Å². The van der Waals surface area contributed by atoms with E-state index in [9.17, 15) is 0 Å². The zero-order valence-electron chi connectivity index (χ0n) is 14.3. The zero-order valence-corrected chi connectivity index (χ0v) is 15.3. The normalized spacial score (nSPS) is 29.9. The first-order valence-corrected chi connectivity index (χ1v) is 10.5. The topological polar surface area (TPSA) is 27.7 Å². The van der Waals surface area contributed by atoms with Crippen molar-refractivity contribution in [2.45, 2.75) is 72.1 Å². The molecule has 120 valence electrons. The SMILES string of the molecule is CCOC1(CC)C(C(C)C)CCC[Si]1(OCC)OCC. The molecule has 0 aromatic heterocycles. The van der Waals surface area contributed by atoms with Crippen LogP contribution in [0.3, 0.4) is 0 Å². The highest BCUT2D eigenvalue weighted by molar-refractivity contribution is 6.71. The summed E-state index contributed by atoms with van der Waals surface area (Å²) in [6, 6.07) is 1.08. The number of hydrogen-bond acceptors (Lipinski definition) is 3. The van der Waals surface area contributed by atoms with Gasteiger partial charge >= 0.3 is 8.56 Å². The minimum Gasteiger partial charge on any atom is -0.393 e. The van der Waals surface area contributed by atoms with Crippen LogP contribution < -0.4 is 0 Å². The molecular formula is C16H34O3Si. The van der Waals surface area contributed by atoms with E-state index >= 15 is 0 Å². The Labute approximate surface area is 126 Å². The summed E-state index contributed by atoms with van der Waals surface area (Å²) in [4.78, 5) is 0. The van der Waals surface area contributed by atoms with Crippen LogP contribution in [-0.4, -0.2) is 33.6 Å². The van der Waals surface area contributed by atoms with Crippen LogP contribution in [0.4, 0.5) is 0 Å². The summed E-state index contributed by atoms with van der Waals surface area (Å²) in [6.07, 6.45) is 3.44. The monoisotopic (exact) mass is 302 g/mol. The first-order valence-electron chi connectivity index (χ1n) is 8.45. The van der Waals surface area contributed by atoms with Crippen LogP contribution in [0.2, 0.25) is 6.04 Å². The molecular weight excluding hydrogens is 268 g/mol. The summed E-state index contributed by atoms with van der Waals surface area (Å²) in [5.74, 6) is 1.15. The fourth-order valence-corrected chi connectivity index (χ4v) is 8.99. The molecule has 1 aliphatic rings. The molecule has 0 spiro atoms. The lowest BCUT2D eigenvalue weighted by molar-refractivity contribution is -0.0889. The molecule has 1 rings (SSSR count). The lowest BCUT2D eigenvalue weighted by atomic mass is 9.84. The third kappa shape index (κ3) is 3.13. The molecule has 0 saturated carbocycles. The summed E-state index contributed by atoms with van der Waals surface area (Å²) in [7, 11) is -2.33. The van der Waals surface area contributed by atoms with E-state index in [1.165, 1.54) is 12.8 Å². The summed E-state index contributed by atoms with van der Waals surface area (Å²) in [5, 5.41) is -0.180. The second-order valence-electron chi connectivity index (χ2n) is 6.04. The summed E-state index contributed by atoms with van der Waals surface area (Å²) in [5.41, 5.74) is 0. The van der Waals surface area contributed by atoms with Crippen molar-refractivity contribution >= 4 is 8.56 Å². The Hall–Kier alpha value is 0.0969. The molecule has 1 heterocycles. The van der Waals surface area contributed by atoms with Gasteiger partial charge in [0.15, 0.2) is 0 Å². The molecule has 0 aromatic carbocycles. The molecule has 1 fully saturated rings. The Morgan fingerprint density at radius 1 is 1.05 bits per heavy atom. The predicted octanol–water partition coefficient (Wildman–Crippen LogP) is 4.29. The van der Waals surface area contributed by atoms with Crippen LogP contribution in [0.1, 0.15) is 60.8 Å². The van der Waals surface area contributed by atoms with E-state index < -0.39 is 8.56 Å². The smallest absolute Gasteiger partial charge is 0.371 e. The third-order valence-electron chi connectivity index (χ3n) is 4.75. The maximum absolute atomic E-state index is 6.43. The van der Waals surface area contributed by atoms with Gasteiger partial charge in [-0.05, 0) is 51.5 Å². The highest BCUT2D eigenvalue weighted by Gasteiger charge is 2.63. The van der Waals surface area contributed by atoms with Crippen molar-refractivity contribution in [1.82, 2.24) is 0 Å². The van der Waals surface area contributed by atoms with E-state index in [0.717, 1.165) is 32.3 Å². The van der Waals surface area contributed by atoms with E-state index in [2.05, 4.69) is 41.5 Å². The molecule has 2 unspecified atom stereocenters. The van der Waals surface area contributed by atoms with Crippen LogP contribution in [0, 0.1) is 11.8 Å². The van der Waals surface area contributed by atoms with Gasteiger partial charge in [0, 0.05) is 19.8 Å². The van der Waals surface area contributed by atoms with Gasteiger partial charge < -0.3 is 13.6 Å². The van der Waals surface area contributed by atoms with E-state index in [1.54, 1.807) is 0 Å². The predicted molar refractivity (Wildman–Crippen MR) is 86.0 cm³/mol. The maximum Gasteiger partial charge on any atom is 0.371 e. The van der Waals surface area contributed by atoms with Crippen molar-refractivity contribution in [3.63, 3.8) is 0 Å². The zero-order chi connectivity index (χ0) is 15.2. The molecule has 2 atom stereocenters. The van der Waals surface area contributed by atoms with E-state index in [-0.39, 0.29) is 5.22 Å². The van der Waals surface area contributed by atoms with E-state index in [4.69, 9.17) is 13.6 Å². The molecule has 0 aromatic rings. The second-order valence-corrected chi connectivity index (χ2v) is 9.47. The molecule has 1 aliphatic heterocycles. The Kier molecular flexibility index (Phi) is 7.19. The van der Waals surface area contributed by atoms with Gasteiger partial charge in [0.2, 0.25) is 0 Å². The Bertz CT molecular complexity index is 271. The van der Waals surface area contributed by atoms with Crippen molar-refractivity contribution in [1.29, 1.82) is 0 Å². The fourth-order valence-electron chi connectivity index (χ4n) is 4.16. The van der Waals surface area contributed by atoms with Crippen LogP contribution in [0.5, 0.6) is 0 Å². The quantitative estimate of drug-likeness (QED) is 0.626. The standard InChI is InChI=1S/C16H34O3Si/c1-7-16(17-8-2)15(14(5)6)12-11-13-20(16,18-9-3)19-10-4/h14-15H,7-13H2,1-6H3. The van der Waals surface area contributed by atoms with Gasteiger partial charge in [-0.3, -0.25) is 0 Å². The van der Waals surface area contributed by atoms with Crippen LogP contribution in [0.15, 0.2) is 0 Å². The van der Waals surface area contributed by atoms with Gasteiger partial charge in [0.25, 0.3) is 0 Å². The molecule has 4 heteroatoms. The van der Waals surface area contributed by atoms with Crippen LogP contribution in [-0.2, 0) is 13.6 Å². The average Bonchev–Trinajstić information content (AvgIpc) is 2.41. The van der Waals surface area contributed by atoms with E-state index in [1.807, 2.05) is 0 Å². The first-order chi connectivity index (χ1) is 9.53. The maximum atomic E-state index is 6.43. The Morgan fingerprint density at radius 2 is 1.65 bits per heavy atom. The molecule has 0 aliphatic carbocycles. The minimum atomic E-state index is -2.33. The average molecular weight is 303 g/mol. The molecule has 0 radical (unpaired) electrons. The molecule has 1 saturated heterocycles. The largest absolute Gasteiger partial charge is 0.393 e. The van der Waals surface area contributed by atoms with Crippen molar-refractivity contribution in [2.75, 3.05) is 19.8 Å². The van der Waals surface area contributed by atoms with Crippen LogP contribution >= 0.6 is 0 Å². The summed E-state index contributed by atoms with van der Waals surface area (Å²) >= 11 is 0. The Balaban J connectivity index is 3.26. The van der Waals surface area contributed by atoms with Crippen LogP contribution in [0.25, 0.3) is 0 Å². The molecule has 0 bridgehead atoms. The molecule has 0 amide bonds. The van der Waals surface area contributed by atoms with Gasteiger partial charge in [-0.1, -0.05) is 27.2 Å². The summed E-state index contributed by atoms with van der Waals surface area (Å²) < 4.78 is 19.1. The van der Waals surface area contributed by atoms with Crippen molar-refractivity contribution in [2.24, 2.45) is 11.8 Å². The fraction of sp³-hybridized carbons (Fsp3) is 1.00. The first kappa shape index (κ1) is 18.1. The highest BCUT2D eigenvalue weighted by Crippen LogP contribution is 2.49. The van der Waals surface area contributed by atoms with Gasteiger partial charge in [-0.25, -0.2) is 0 Å². The number of rotatable bonds is 8. The van der Waals surface area contributed by atoms with Gasteiger partial charge in [-0.2, -0.15) is 0 Å². The summed E-state index contributed by atoms with van der Waals surface area (Å²) in [6.45, 7) is 15.3. The highest BCUT2D eigenvalue weighted by atomic mass is 28.4. The number of hydrogen-bond donors (Lipinski definition) is 0. The van der Waals surface area contributed by atoms with Gasteiger partial charge in [-0.15, -0.1) is 0 Å². The van der Waals surface area contributed by atoms with E-state index in [0.29, 0.717) is 11.8 Å². The molecule has 0 N–H and O–H groups in total. The molecule has 3 nitrogen and oxygen atoms in total. The second kappa shape index (κ2) is 7.92. The van der Waals surface area contributed by atoms with Crippen molar-refractivity contribution < 1.29 is 13.6 Å². The minimum absolute atomic E-state index is 0.180. The Morgan fingerprint density at radius 3 is 2.05 bits per heavy atom.